The van der Waals surface area contributed by atoms with Gasteiger partial charge in [0.25, 0.3) is 0 Å². The van der Waals surface area contributed by atoms with Gasteiger partial charge in [0.2, 0.25) is 0 Å². The van der Waals surface area contributed by atoms with Crippen LogP contribution < -0.4 is 4.74 Å². The Morgan fingerprint density at radius 3 is 2.88 bits per heavy atom. The molecular formula is C14H19NO. The molecule has 0 aliphatic carbocycles. The van der Waals surface area contributed by atoms with Crippen molar-refractivity contribution in [2.45, 2.75) is 6.92 Å². The van der Waals surface area contributed by atoms with E-state index in [9.17, 15) is 0 Å². The molecule has 16 heavy (non-hydrogen) atoms. The summed E-state index contributed by atoms with van der Waals surface area (Å²) in [5.74, 6) is 1.59. The maximum atomic E-state index is 5.23. The van der Waals surface area contributed by atoms with E-state index in [-0.39, 0.29) is 0 Å². The van der Waals surface area contributed by atoms with Crippen molar-refractivity contribution in [2.24, 2.45) is 5.92 Å². The topological polar surface area (TPSA) is 12.5 Å². The Morgan fingerprint density at radius 1 is 1.44 bits per heavy atom. The number of methoxy groups -OCH3 is 1. The van der Waals surface area contributed by atoms with Gasteiger partial charge in [0.1, 0.15) is 5.75 Å². The summed E-state index contributed by atoms with van der Waals surface area (Å²) < 4.78 is 5.23. The molecule has 0 N–H and O–H groups in total. The molecule has 0 amide bonds. The Bertz CT molecular complexity index is 397. The van der Waals surface area contributed by atoms with E-state index < -0.39 is 0 Å². The first-order chi connectivity index (χ1) is 7.69. The summed E-state index contributed by atoms with van der Waals surface area (Å²) >= 11 is 0. The van der Waals surface area contributed by atoms with Crippen LogP contribution in [0.15, 0.2) is 29.8 Å². The molecule has 86 valence electrons. The van der Waals surface area contributed by atoms with Gasteiger partial charge < -0.3 is 9.64 Å². The van der Waals surface area contributed by atoms with Gasteiger partial charge in [-0.1, -0.05) is 30.7 Å². The van der Waals surface area contributed by atoms with Gasteiger partial charge in [-0.05, 0) is 30.7 Å². The predicted octanol–water partition coefficient (Wildman–Crippen LogP) is 2.66. The van der Waals surface area contributed by atoms with Gasteiger partial charge in [-0.25, -0.2) is 0 Å². The van der Waals surface area contributed by atoms with Gasteiger partial charge >= 0.3 is 0 Å². The highest BCUT2D eigenvalue weighted by Gasteiger charge is 2.20. The summed E-state index contributed by atoms with van der Waals surface area (Å²) in [5, 5.41) is 0. The minimum atomic E-state index is 0.663. The second-order valence-corrected chi connectivity index (χ2v) is 4.59. The summed E-state index contributed by atoms with van der Waals surface area (Å²) in [6, 6.07) is 8.22. The maximum absolute atomic E-state index is 5.23. The molecule has 1 aromatic carbocycles. The zero-order valence-corrected chi connectivity index (χ0v) is 10.2. The lowest BCUT2D eigenvalue weighted by atomic mass is 10.0. The third-order valence-electron chi connectivity index (χ3n) is 3.12. The molecule has 1 saturated heterocycles. The highest BCUT2D eigenvalue weighted by Crippen LogP contribution is 2.24. The molecule has 0 radical (unpaired) electrons. The summed E-state index contributed by atoms with van der Waals surface area (Å²) in [4.78, 5) is 2.36. The molecule has 2 heteroatoms. The van der Waals surface area contributed by atoms with Gasteiger partial charge in [-0.3, -0.25) is 0 Å². The minimum absolute atomic E-state index is 0.663. The molecule has 1 atom stereocenters. The lowest BCUT2D eigenvalue weighted by Crippen LogP contribution is -2.12. The van der Waals surface area contributed by atoms with Crippen LogP contribution in [0.25, 0.3) is 6.08 Å². The van der Waals surface area contributed by atoms with Crippen LogP contribution >= 0.6 is 0 Å². The van der Waals surface area contributed by atoms with E-state index >= 15 is 0 Å². The molecule has 0 saturated carbocycles. The largest absolute Gasteiger partial charge is 0.497 e. The van der Waals surface area contributed by atoms with Gasteiger partial charge in [0, 0.05) is 13.1 Å². The molecule has 2 rings (SSSR count). The molecule has 0 bridgehead atoms. The van der Waals surface area contributed by atoms with E-state index in [0.29, 0.717) is 5.92 Å². The lowest BCUT2D eigenvalue weighted by molar-refractivity contribution is 0.403. The number of benzene rings is 1. The fraction of sp³-hybridized carbons (Fsp3) is 0.429. The quantitative estimate of drug-likeness (QED) is 0.755. The average molecular weight is 217 g/mol. The van der Waals surface area contributed by atoms with Crippen LogP contribution in [-0.4, -0.2) is 32.1 Å². The van der Waals surface area contributed by atoms with Gasteiger partial charge in [0.05, 0.1) is 7.11 Å². The number of ether oxygens (including phenoxy) is 1. The standard InChI is InChI=1S/C14H19NO/c1-11-9-15(2)10-13(11)7-12-5-4-6-14(8-12)16-3/h4-8,11H,9-10H2,1-3H3/b13-7+. The van der Waals surface area contributed by atoms with Gasteiger partial charge in [-0.15, -0.1) is 0 Å². The number of nitrogens with zero attached hydrogens (tertiary/aromatic N) is 1. The van der Waals surface area contributed by atoms with E-state index in [2.05, 4.69) is 37.1 Å². The fourth-order valence-corrected chi connectivity index (χ4v) is 2.25. The smallest absolute Gasteiger partial charge is 0.119 e. The summed E-state index contributed by atoms with van der Waals surface area (Å²) in [6.45, 7) is 4.53. The summed E-state index contributed by atoms with van der Waals surface area (Å²) in [7, 11) is 3.88. The molecule has 1 fully saturated rings. The Morgan fingerprint density at radius 2 is 2.25 bits per heavy atom. The van der Waals surface area contributed by atoms with Crippen molar-refractivity contribution in [1.29, 1.82) is 0 Å². The molecule has 1 aliphatic heterocycles. The van der Waals surface area contributed by atoms with Crippen molar-refractivity contribution < 1.29 is 4.74 Å². The van der Waals surface area contributed by atoms with E-state index in [1.165, 1.54) is 11.1 Å². The third-order valence-corrected chi connectivity index (χ3v) is 3.12. The molecular weight excluding hydrogens is 198 g/mol. The first kappa shape index (κ1) is 11.2. The van der Waals surface area contributed by atoms with Crippen LogP contribution in [0.3, 0.4) is 0 Å². The number of hydrogen-bond donors (Lipinski definition) is 0. The van der Waals surface area contributed by atoms with E-state index in [4.69, 9.17) is 4.74 Å². The van der Waals surface area contributed by atoms with Crippen molar-refractivity contribution >= 4 is 6.08 Å². The molecule has 0 spiro atoms. The van der Waals surface area contributed by atoms with Gasteiger partial charge in [0.15, 0.2) is 0 Å². The maximum Gasteiger partial charge on any atom is 0.119 e. The number of likely N-dealkylation sites (N-methyl/N-ethyl adjacent to an activating group) is 1. The van der Waals surface area contributed by atoms with E-state index in [0.717, 1.165) is 18.8 Å². The van der Waals surface area contributed by atoms with Crippen molar-refractivity contribution in [3.8, 4) is 5.75 Å². The van der Waals surface area contributed by atoms with Crippen LogP contribution in [0.2, 0.25) is 0 Å². The molecule has 1 unspecified atom stereocenters. The number of rotatable bonds is 2. The number of hydrogen-bond acceptors (Lipinski definition) is 2. The Kier molecular flexibility index (Phi) is 3.30. The minimum Gasteiger partial charge on any atom is -0.497 e. The Hall–Kier alpha value is -1.28. The monoisotopic (exact) mass is 217 g/mol. The van der Waals surface area contributed by atoms with Crippen molar-refractivity contribution in [2.75, 3.05) is 27.2 Å². The fourth-order valence-electron chi connectivity index (χ4n) is 2.25. The average Bonchev–Trinajstić information content (AvgIpc) is 2.58. The van der Waals surface area contributed by atoms with Crippen LogP contribution in [0.4, 0.5) is 0 Å². The van der Waals surface area contributed by atoms with E-state index in [1.54, 1.807) is 7.11 Å². The molecule has 1 aromatic rings. The van der Waals surface area contributed by atoms with Crippen molar-refractivity contribution in [3.05, 3.63) is 35.4 Å². The normalized spacial score (nSPS) is 23.9. The second-order valence-electron chi connectivity index (χ2n) is 4.59. The molecule has 2 nitrogen and oxygen atoms in total. The van der Waals surface area contributed by atoms with Crippen LogP contribution in [0.1, 0.15) is 12.5 Å². The first-order valence-corrected chi connectivity index (χ1v) is 5.72. The second kappa shape index (κ2) is 4.71. The number of likely N-dealkylation sites (tertiary alicyclic amines) is 1. The molecule has 1 aliphatic rings. The highest BCUT2D eigenvalue weighted by atomic mass is 16.5. The molecule has 1 heterocycles. The van der Waals surface area contributed by atoms with Gasteiger partial charge in [-0.2, -0.15) is 0 Å². The Labute approximate surface area is 97.5 Å². The predicted molar refractivity (Wildman–Crippen MR) is 67.6 cm³/mol. The van der Waals surface area contributed by atoms with Crippen LogP contribution in [0.5, 0.6) is 5.75 Å². The Balaban J connectivity index is 2.22. The zero-order valence-electron chi connectivity index (χ0n) is 10.2. The zero-order chi connectivity index (χ0) is 11.5. The summed E-state index contributed by atoms with van der Waals surface area (Å²) in [6.07, 6.45) is 2.29. The highest BCUT2D eigenvalue weighted by molar-refractivity contribution is 5.56. The van der Waals surface area contributed by atoms with Crippen LogP contribution in [-0.2, 0) is 0 Å². The summed E-state index contributed by atoms with van der Waals surface area (Å²) in [5.41, 5.74) is 2.74. The third kappa shape index (κ3) is 2.45. The lowest BCUT2D eigenvalue weighted by Gasteiger charge is -2.04. The first-order valence-electron chi connectivity index (χ1n) is 5.72. The van der Waals surface area contributed by atoms with Crippen LogP contribution in [0, 0.1) is 5.92 Å². The SMILES string of the molecule is COc1cccc(/C=C2\CN(C)CC2C)c1. The van der Waals surface area contributed by atoms with E-state index in [1.807, 2.05) is 12.1 Å². The van der Waals surface area contributed by atoms with Crippen molar-refractivity contribution in [1.82, 2.24) is 4.90 Å². The molecule has 0 aromatic heterocycles. The van der Waals surface area contributed by atoms with Crippen molar-refractivity contribution in [3.63, 3.8) is 0 Å².